The van der Waals surface area contributed by atoms with Crippen molar-refractivity contribution in [2.75, 3.05) is 0 Å². The SMILES string of the molecule is FP1Oc2ccccc2O1. The third kappa shape index (κ3) is 0.830. The fraction of sp³-hybridized carbons (Fsp3) is 0. The van der Waals surface area contributed by atoms with Gasteiger partial charge in [0.1, 0.15) is 0 Å². The third-order valence-electron chi connectivity index (χ3n) is 1.19. The normalized spacial score (nSPS) is 15.7. The van der Waals surface area contributed by atoms with Crippen molar-refractivity contribution in [2.24, 2.45) is 0 Å². The highest BCUT2D eigenvalue weighted by Gasteiger charge is 2.25. The Kier molecular flexibility index (Phi) is 1.24. The standard InChI is InChI=1S/C6H4FO2P/c7-10-8-5-3-1-2-4-6(5)9-10/h1-4H. The zero-order valence-electron chi connectivity index (χ0n) is 4.95. The highest BCUT2D eigenvalue weighted by molar-refractivity contribution is 7.42. The molecular weight excluding hydrogens is 154 g/mol. The summed E-state index contributed by atoms with van der Waals surface area (Å²) >= 11 is 0. The van der Waals surface area contributed by atoms with Crippen molar-refractivity contribution in [1.82, 2.24) is 0 Å². The van der Waals surface area contributed by atoms with Crippen LogP contribution in [0.5, 0.6) is 11.5 Å². The van der Waals surface area contributed by atoms with Gasteiger partial charge in [-0.15, -0.1) is 4.20 Å². The summed E-state index contributed by atoms with van der Waals surface area (Å²) in [5.41, 5.74) is 0. The highest BCUT2D eigenvalue weighted by atomic mass is 31.2. The van der Waals surface area contributed by atoms with E-state index in [0.29, 0.717) is 11.5 Å². The van der Waals surface area contributed by atoms with Gasteiger partial charge in [0.2, 0.25) is 0 Å². The molecule has 0 bridgehead atoms. The Balaban J connectivity index is 2.42. The molecule has 2 nitrogen and oxygen atoms in total. The quantitative estimate of drug-likeness (QED) is 0.540. The first kappa shape index (κ1) is 5.93. The minimum absolute atomic E-state index is 0.496. The summed E-state index contributed by atoms with van der Waals surface area (Å²) in [6.07, 6.45) is 0. The lowest BCUT2D eigenvalue weighted by atomic mass is 10.3. The summed E-state index contributed by atoms with van der Waals surface area (Å²) in [7, 11) is -2.19. The van der Waals surface area contributed by atoms with Crippen LogP contribution in [-0.2, 0) is 0 Å². The van der Waals surface area contributed by atoms with Gasteiger partial charge in [0.05, 0.1) is 0 Å². The Bertz CT molecular complexity index is 228. The van der Waals surface area contributed by atoms with Crippen molar-refractivity contribution in [3.8, 4) is 11.5 Å². The minimum atomic E-state index is -2.19. The van der Waals surface area contributed by atoms with Crippen molar-refractivity contribution >= 4 is 8.69 Å². The molecule has 0 amide bonds. The molecule has 0 unspecified atom stereocenters. The maximum atomic E-state index is 12.3. The van der Waals surface area contributed by atoms with E-state index in [2.05, 4.69) is 9.05 Å². The van der Waals surface area contributed by atoms with Gasteiger partial charge in [0.25, 0.3) is 0 Å². The van der Waals surface area contributed by atoms with Crippen molar-refractivity contribution < 1.29 is 13.2 Å². The van der Waals surface area contributed by atoms with E-state index in [4.69, 9.17) is 0 Å². The average molecular weight is 158 g/mol. The lowest BCUT2D eigenvalue weighted by molar-refractivity contribution is 0.507. The van der Waals surface area contributed by atoms with Gasteiger partial charge >= 0.3 is 8.69 Å². The van der Waals surface area contributed by atoms with Crippen LogP contribution in [0.15, 0.2) is 24.3 Å². The molecule has 0 aromatic heterocycles. The molecule has 10 heavy (non-hydrogen) atoms. The summed E-state index contributed by atoms with van der Waals surface area (Å²) < 4.78 is 21.7. The van der Waals surface area contributed by atoms with E-state index < -0.39 is 8.69 Å². The smallest absolute Gasteiger partial charge is 0.411 e. The van der Waals surface area contributed by atoms with Gasteiger partial charge in [0, 0.05) is 0 Å². The molecule has 1 aromatic rings. The Morgan fingerprint density at radius 3 is 2.10 bits per heavy atom. The van der Waals surface area contributed by atoms with Gasteiger partial charge in [-0.3, -0.25) is 0 Å². The van der Waals surface area contributed by atoms with Crippen LogP contribution in [0.4, 0.5) is 4.20 Å². The van der Waals surface area contributed by atoms with Crippen LogP contribution in [0.3, 0.4) is 0 Å². The lowest BCUT2D eigenvalue weighted by Crippen LogP contribution is -1.73. The number of halogens is 1. The third-order valence-corrected chi connectivity index (χ3v) is 1.87. The van der Waals surface area contributed by atoms with E-state index in [1.807, 2.05) is 0 Å². The van der Waals surface area contributed by atoms with E-state index in [-0.39, 0.29) is 0 Å². The summed E-state index contributed by atoms with van der Waals surface area (Å²) in [5, 5.41) is 0. The van der Waals surface area contributed by atoms with E-state index in [1.165, 1.54) is 0 Å². The van der Waals surface area contributed by atoms with Crippen molar-refractivity contribution in [3.63, 3.8) is 0 Å². The molecule has 52 valence electrons. The molecular formula is C6H4FO2P. The molecule has 0 radical (unpaired) electrons. The minimum Gasteiger partial charge on any atom is -0.411 e. The number of hydrogen-bond acceptors (Lipinski definition) is 2. The van der Waals surface area contributed by atoms with Crippen LogP contribution < -0.4 is 9.05 Å². The first-order valence-electron chi connectivity index (χ1n) is 2.77. The molecule has 0 saturated carbocycles. The van der Waals surface area contributed by atoms with Gasteiger partial charge in [-0.05, 0) is 12.1 Å². The Hall–Kier alpha value is -0.820. The Labute approximate surface area is 58.6 Å². The molecule has 0 fully saturated rings. The van der Waals surface area contributed by atoms with Crippen LogP contribution in [0, 0.1) is 0 Å². The second-order valence-electron chi connectivity index (χ2n) is 1.84. The van der Waals surface area contributed by atoms with Gasteiger partial charge in [-0.2, -0.15) is 0 Å². The first-order valence-corrected chi connectivity index (χ1v) is 3.84. The molecule has 1 aromatic carbocycles. The van der Waals surface area contributed by atoms with Crippen LogP contribution in [-0.4, -0.2) is 0 Å². The topological polar surface area (TPSA) is 18.5 Å². The molecule has 1 heterocycles. The maximum absolute atomic E-state index is 12.3. The van der Waals surface area contributed by atoms with Gasteiger partial charge in [0.15, 0.2) is 11.5 Å². The molecule has 0 aliphatic carbocycles. The fourth-order valence-corrected chi connectivity index (χ4v) is 1.42. The number of para-hydroxylation sites is 2. The van der Waals surface area contributed by atoms with Crippen molar-refractivity contribution in [1.29, 1.82) is 0 Å². The van der Waals surface area contributed by atoms with Gasteiger partial charge in [-0.25, -0.2) is 0 Å². The molecule has 4 heteroatoms. The van der Waals surface area contributed by atoms with Crippen LogP contribution >= 0.6 is 8.69 Å². The number of rotatable bonds is 0. The second kappa shape index (κ2) is 2.10. The summed E-state index contributed by atoms with van der Waals surface area (Å²) in [6.45, 7) is 0. The van der Waals surface area contributed by atoms with E-state index in [9.17, 15) is 4.20 Å². The Morgan fingerprint density at radius 1 is 1.10 bits per heavy atom. The van der Waals surface area contributed by atoms with Crippen molar-refractivity contribution in [3.05, 3.63) is 24.3 Å². The number of fused-ring (bicyclic) bond motifs is 1. The Morgan fingerprint density at radius 2 is 1.60 bits per heavy atom. The fourth-order valence-electron chi connectivity index (χ4n) is 0.774. The predicted octanol–water partition coefficient (Wildman–Crippen LogP) is 2.65. The molecule has 0 N–H and O–H groups in total. The van der Waals surface area contributed by atoms with Crippen LogP contribution in [0.1, 0.15) is 0 Å². The molecule has 0 atom stereocenters. The average Bonchev–Trinajstić information content (AvgIpc) is 2.27. The number of hydrogen-bond donors (Lipinski definition) is 0. The second-order valence-corrected chi connectivity index (χ2v) is 2.63. The summed E-state index contributed by atoms with van der Waals surface area (Å²) in [4.78, 5) is 0. The highest BCUT2D eigenvalue weighted by Crippen LogP contribution is 2.52. The monoisotopic (exact) mass is 158 g/mol. The first-order chi connectivity index (χ1) is 4.86. The predicted molar refractivity (Wildman–Crippen MR) is 35.7 cm³/mol. The van der Waals surface area contributed by atoms with Crippen molar-refractivity contribution in [2.45, 2.75) is 0 Å². The molecule has 2 rings (SSSR count). The molecule has 0 spiro atoms. The van der Waals surface area contributed by atoms with Gasteiger partial charge < -0.3 is 9.05 Å². The largest absolute Gasteiger partial charge is 0.506 e. The van der Waals surface area contributed by atoms with E-state index in [1.54, 1.807) is 24.3 Å². The molecule has 0 saturated heterocycles. The molecule has 1 aliphatic rings. The zero-order chi connectivity index (χ0) is 6.97. The van der Waals surface area contributed by atoms with Gasteiger partial charge in [-0.1, -0.05) is 12.1 Å². The molecule has 1 aliphatic heterocycles. The van der Waals surface area contributed by atoms with Crippen LogP contribution in [0.25, 0.3) is 0 Å². The zero-order valence-corrected chi connectivity index (χ0v) is 5.85. The van der Waals surface area contributed by atoms with E-state index in [0.717, 1.165) is 0 Å². The lowest BCUT2D eigenvalue weighted by Gasteiger charge is -1.90. The number of benzene rings is 1. The summed E-state index contributed by atoms with van der Waals surface area (Å²) in [5.74, 6) is 0.993. The van der Waals surface area contributed by atoms with Crippen LogP contribution in [0.2, 0.25) is 0 Å². The maximum Gasteiger partial charge on any atom is 0.506 e. The van der Waals surface area contributed by atoms with E-state index >= 15 is 0 Å². The summed E-state index contributed by atoms with van der Waals surface area (Å²) in [6, 6.07) is 6.90.